The van der Waals surface area contributed by atoms with Gasteiger partial charge in [0.05, 0.1) is 0 Å². The lowest BCUT2D eigenvalue weighted by Crippen LogP contribution is -1.90. The van der Waals surface area contributed by atoms with Crippen molar-refractivity contribution < 1.29 is 4.42 Å². The molecule has 2 aromatic carbocycles. The van der Waals surface area contributed by atoms with Crippen molar-refractivity contribution in [1.29, 1.82) is 5.26 Å². The fourth-order valence-electron chi connectivity index (χ4n) is 2.59. The van der Waals surface area contributed by atoms with Gasteiger partial charge in [0.1, 0.15) is 27.8 Å². The van der Waals surface area contributed by atoms with E-state index in [1.54, 1.807) is 6.20 Å². The quantitative estimate of drug-likeness (QED) is 0.516. The van der Waals surface area contributed by atoms with Gasteiger partial charge in [-0.2, -0.15) is 5.26 Å². The van der Waals surface area contributed by atoms with Crippen molar-refractivity contribution in [1.82, 2.24) is 4.98 Å². The number of fused-ring (bicyclic) bond motifs is 3. The third-order valence-electron chi connectivity index (χ3n) is 3.73. The van der Waals surface area contributed by atoms with Gasteiger partial charge in [-0.05, 0) is 31.2 Å². The standard InChI is InChI=1S/C19H13N3OS/c1-12-11-24-19(22-12)13(9-20)10-21-14-6-7-18-16(8-14)15-4-2-3-5-17(15)23-18/h2-8,10-11,21H,1H3/b13-10+. The number of furan rings is 1. The van der Waals surface area contributed by atoms with E-state index in [0.29, 0.717) is 5.57 Å². The number of thiazole rings is 1. The van der Waals surface area contributed by atoms with E-state index in [2.05, 4.69) is 16.4 Å². The first-order valence-corrected chi connectivity index (χ1v) is 8.33. The van der Waals surface area contributed by atoms with Crippen LogP contribution in [0.1, 0.15) is 10.7 Å². The molecule has 0 unspecified atom stereocenters. The van der Waals surface area contributed by atoms with E-state index >= 15 is 0 Å². The summed E-state index contributed by atoms with van der Waals surface area (Å²) in [5, 5.41) is 17.3. The van der Waals surface area contributed by atoms with Crippen LogP contribution in [0.2, 0.25) is 0 Å². The Morgan fingerprint density at radius 1 is 1.21 bits per heavy atom. The third-order valence-corrected chi connectivity index (χ3v) is 4.72. The molecule has 0 aliphatic carbocycles. The van der Waals surface area contributed by atoms with Crippen LogP contribution < -0.4 is 5.32 Å². The number of nitriles is 1. The monoisotopic (exact) mass is 331 g/mol. The van der Waals surface area contributed by atoms with E-state index in [0.717, 1.165) is 38.3 Å². The van der Waals surface area contributed by atoms with Crippen LogP contribution in [0.25, 0.3) is 27.5 Å². The summed E-state index contributed by atoms with van der Waals surface area (Å²) in [6.45, 7) is 1.92. The first-order valence-electron chi connectivity index (χ1n) is 7.45. The third kappa shape index (κ3) is 2.53. The van der Waals surface area contributed by atoms with Gasteiger partial charge < -0.3 is 9.73 Å². The zero-order valence-electron chi connectivity index (χ0n) is 12.9. The molecule has 2 aromatic heterocycles. The second-order valence-corrected chi connectivity index (χ2v) is 6.28. The Balaban J connectivity index is 1.70. The number of nitrogens with one attached hydrogen (secondary N) is 1. The van der Waals surface area contributed by atoms with Gasteiger partial charge in [0, 0.05) is 33.7 Å². The summed E-state index contributed by atoms with van der Waals surface area (Å²) >= 11 is 1.47. The lowest BCUT2D eigenvalue weighted by Gasteiger charge is -2.01. The number of para-hydroxylation sites is 1. The van der Waals surface area contributed by atoms with Crippen molar-refractivity contribution in [3.63, 3.8) is 0 Å². The molecule has 0 amide bonds. The molecule has 0 spiro atoms. The Morgan fingerprint density at radius 3 is 2.83 bits per heavy atom. The maximum absolute atomic E-state index is 9.34. The average Bonchev–Trinajstić information content (AvgIpc) is 3.19. The number of aryl methyl sites for hydroxylation is 1. The Kier molecular flexibility index (Phi) is 3.52. The van der Waals surface area contributed by atoms with Crippen molar-refractivity contribution in [2.75, 3.05) is 5.32 Å². The van der Waals surface area contributed by atoms with E-state index in [1.807, 2.05) is 54.8 Å². The number of allylic oxidation sites excluding steroid dienone is 1. The molecule has 116 valence electrons. The number of rotatable bonds is 3. The summed E-state index contributed by atoms with van der Waals surface area (Å²) in [5.74, 6) is 0. The Morgan fingerprint density at radius 2 is 2.04 bits per heavy atom. The van der Waals surface area contributed by atoms with Gasteiger partial charge in [-0.25, -0.2) is 4.98 Å². The minimum atomic E-state index is 0.519. The van der Waals surface area contributed by atoms with Crippen LogP contribution >= 0.6 is 11.3 Å². The number of aromatic nitrogens is 1. The molecule has 0 saturated carbocycles. The highest BCUT2D eigenvalue weighted by atomic mass is 32.1. The lowest BCUT2D eigenvalue weighted by atomic mass is 10.1. The molecule has 4 rings (SSSR count). The topological polar surface area (TPSA) is 61.9 Å². The van der Waals surface area contributed by atoms with Crippen LogP contribution in [0.15, 0.2) is 58.5 Å². The maximum atomic E-state index is 9.34. The molecule has 4 nitrogen and oxygen atoms in total. The van der Waals surface area contributed by atoms with E-state index in [4.69, 9.17) is 4.42 Å². The number of nitrogens with zero attached hydrogens (tertiary/aromatic N) is 2. The molecule has 0 aliphatic heterocycles. The number of hydrogen-bond acceptors (Lipinski definition) is 5. The van der Waals surface area contributed by atoms with Gasteiger partial charge in [0.25, 0.3) is 0 Å². The molecule has 0 saturated heterocycles. The first kappa shape index (κ1) is 14.5. The first-order chi connectivity index (χ1) is 11.7. The highest BCUT2D eigenvalue weighted by molar-refractivity contribution is 7.10. The largest absolute Gasteiger partial charge is 0.456 e. The summed E-state index contributed by atoms with van der Waals surface area (Å²) < 4.78 is 5.82. The van der Waals surface area contributed by atoms with Gasteiger partial charge in [0.15, 0.2) is 0 Å². The second kappa shape index (κ2) is 5.84. The fourth-order valence-corrected chi connectivity index (χ4v) is 3.35. The fraction of sp³-hybridized carbons (Fsp3) is 0.0526. The minimum absolute atomic E-state index is 0.519. The summed E-state index contributed by atoms with van der Waals surface area (Å²) in [6.07, 6.45) is 1.70. The Hall–Kier alpha value is -3.10. The van der Waals surface area contributed by atoms with Gasteiger partial charge in [0.2, 0.25) is 0 Å². The van der Waals surface area contributed by atoms with Crippen LogP contribution in [-0.2, 0) is 0 Å². The lowest BCUT2D eigenvalue weighted by molar-refractivity contribution is 0.669. The summed E-state index contributed by atoms with van der Waals surface area (Å²) in [7, 11) is 0. The van der Waals surface area contributed by atoms with Gasteiger partial charge in [-0.15, -0.1) is 11.3 Å². The zero-order valence-corrected chi connectivity index (χ0v) is 13.7. The molecule has 1 N–H and O–H groups in total. The van der Waals surface area contributed by atoms with Crippen LogP contribution in [0.5, 0.6) is 0 Å². The minimum Gasteiger partial charge on any atom is -0.456 e. The number of hydrogen-bond donors (Lipinski definition) is 1. The summed E-state index contributed by atoms with van der Waals surface area (Å²) in [6, 6.07) is 16.0. The molecule has 0 bridgehead atoms. The smallest absolute Gasteiger partial charge is 0.135 e. The molecular formula is C19H13N3OS. The SMILES string of the molecule is Cc1csc(/C(C#N)=C/Nc2ccc3oc4ccccc4c3c2)n1. The second-order valence-electron chi connectivity index (χ2n) is 5.42. The normalized spacial score (nSPS) is 11.8. The van der Waals surface area contributed by atoms with Crippen molar-refractivity contribution in [2.45, 2.75) is 6.92 Å². The van der Waals surface area contributed by atoms with Gasteiger partial charge in [-0.1, -0.05) is 18.2 Å². The molecule has 4 aromatic rings. The predicted octanol–water partition coefficient (Wildman–Crippen LogP) is 5.33. The van der Waals surface area contributed by atoms with Crippen molar-refractivity contribution in [2.24, 2.45) is 0 Å². The molecule has 0 aliphatic rings. The summed E-state index contributed by atoms with van der Waals surface area (Å²) in [5.41, 5.74) is 4.06. The van der Waals surface area contributed by atoms with E-state index in [9.17, 15) is 5.26 Å². The maximum Gasteiger partial charge on any atom is 0.135 e. The van der Waals surface area contributed by atoms with Crippen molar-refractivity contribution >= 4 is 44.5 Å². The molecule has 0 radical (unpaired) electrons. The zero-order chi connectivity index (χ0) is 16.5. The van der Waals surface area contributed by atoms with E-state index in [-0.39, 0.29) is 0 Å². The molecule has 5 heteroatoms. The highest BCUT2D eigenvalue weighted by Gasteiger charge is 2.08. The molecule has 0 atom stereocenters. The highest BCUT2D eigenvalue weighted by Crippen LogP contribution is 2.30. The van der Waals surface area contributed by atoms with E-state index < -0.39 is 0 Å². The van der Waals surface area contributed by atoms with Crippen molar-refractivity contribution in [3.05, 3.63) is 64.7 Å². The average molecular weight is 331 g/mol. The van der Waals surface area contributed by atoms with Gasteiger partial charge in [-0.3, -0.25) is 0 Å². The van der Waals surface area contributed by atoms with Crippen molar-refractivity contribution in [3.8, 4) is 6.07 Å². The van der Waals surface area contributed by atoms with Gasteiger partial charge >= 0.3 is 0 Å². The summed E-state index contributed by atoms with van der Waals surface area (Å²) in [4.78, 5) is 4.35. The molecular weight excluding hydrogens is 318 g/mol. The number of benzene rings is 2. The Labute approximate surface area is 142 Å². The Bertz CT molecular complexity index is 1110. The molecule has 0 fully saturated rings. The predicted molar refractivity (Wildman–Crippen MR) is 97.8 cm³/mol. The number of anilines is 1. The molecule has 2 heterocycles. The van der Waals surface area contributed by atoms with Crippen LogP contribution in [0.3, 0.4) is 0 Å². The van der Waals surface area contributed by atoms with Crippen LogP contribution in [0, 0.1) is 18.3 Å². The van der Waals surface area contributed by atoms with Crippen LogP contribution in [0.4, 0.5) is 5.69 Å². The van der Waals surface area contributed by atoms with E-state index in [1.165, 1.54) is 11.3 Å². The van der Waals surface area contributed by atoms with Crippen LogP contribution in [-0.4, -0.2) is 4.98 Å². The molecule has 24 heavy (non-hydrogen) atoms.